The van der Waals surface area contributed by atoms with E-state index < -0.39 is 59.0 Å². The Morgan fingerprint density at radius 3 is 2.27 bits per heavy atom. The summed E-state index contributed by atoms with van der Waals surface area (Å²) in [6.45, 7) is 5.51. The zero-order valence-corrected chi connectivity index (χ0v) is 36.2. The van der Waals surface area contributed by atoms with Gasteiger partial charge in [0.2, 0.25) is 11.1 Å². The van der Waals surface area contributed by atoms with Gasteiger partial charge in [-0.05, 0) is 78.4 Å². The van der Waals surface area contributed by atoms with E-state index in [0.717, 1.165) is 30.4 Å². The molecule has 2 unspecified atom stereocenters. The third-order valence-corrected chi connectivity index (χ3v) is 12.3. The number of carbonyl (C=O) groups is 5. The first-order chi connectivity index (χ1) is 29.9. The monoisotopic (exact) mass is 885 g/mol. The quantitative estimate of drug-likeness (QED) is 0.0691. The summed E-state index contributed by atoms with van der Waals surface area (Å²) in [6, 6.07) is 22.9. The average molecular weight is 886 g/mol. The average Bonchev–Trinajstić information content (AvgIpc) is 3.72. The summed E-state index contributed by atoms with van der Waals surface area (Å²) < 4.78 is 29.5. The first-order valence-electron chi connectivity index (χ1n) is 20.0. The topological polar surface area (TPSA) is 202 Å². The number of carbonyl (C=O) groups excluding carboxylic acids is 5. The van der Waals surface area contributed by atoms with Gasteiger partial charge in [-0.15, -0.1) is 16.9 Å². The Kier molecular flexibility index (Phi) is 14.1. The van der Waals surface area contributed by atoms with Crippen LogP contribution < -0.4 is 15.4 Å². The van der Waals surface area contributed by atoms with Crippen molar-refractivity contribution in [3.63, 3.8) is 0 Å². The van der Waals surface area contributed by atoms with Gasteiger partial charge in [0, 0.05) is 17.9 Å². The van der Waals surface area contributed by atoms with E-state index in [1.54, 1.807) is 45.0 Å². The van der Waals surface area contributed by atoms with Crippen molar-refractivity contribution in [2.75, 3.05) is 25.2 Å². The molecule has 2 fully saturated rings. The molecule has 7 rings (SSSR count). The van der Waals surface area contributed by atoms with Crippen molar-refractivity contribution in [1.29, 1.82) is 0 Å². The number of fused-ring (bicyclic) bond motifs is 1. The number of rotatable bonds is 15. The molecule has 2 N–H and O–H groups in total. The van der Waals surface area contributed by atoms with Crippen LogP contribution in [-0.2, 0) is 44.7 Å². The van der Waals surface area contributed by atoms with E-state index in [1.807, 2.05) is 60.7 Å². The number of esters is 2. The van der Waals surface area contributed by atoms with Crippen molar-refractivity contribution >= 4 is 53.4 Å². The second kappa shape index (κ2) is 19.9. The van der Waals surface area contributed by atoms with Gasteiger partial charge in [0.1, 0.15) is 41.0 Å². The molecule has 4 heterocycles. The Morgan fingerprint density at radius 2 is 1.65 bits per heavy atom. The summed E-state index contributed by atoms with van der Waals surface area (Å²) in [4.78, 5) is 69.5. The number of nitrogens with zero attached hydrogens (tertiary/aromatic N) is 5. The molecule has 19 heteroatoms. The molecule has 0 spiro atoms. The molecule has 3 aliphatic rings. The third-order valence-electron chi connectivity index (χ3n) is 9.89. The van der Waals surface area contributed by atoms with Crippen LogP contribution in [0.2, 0.25) is 0 Å². The number of nitrogens with one attached hydrogen (secondary N) is 2. The highest BCUT2D eigenvalue weighted by Crippen LogP contribution is 2.43. The van der Waals surface area contributed by atoms with Gasteiger partial charge >= 0.3 is 18.0 Å². The molecule has 3 aliphatic heterocycles. The van der Waals surface area contributed by atoms with Crippen LogP contribution in [0.25, 0.3) is 0 Å². The van der Waals surface area contributed by atoms with Crippen LogP contribution in [0.1, 0.15) is 68.9 Å². The standard InChI is InChI=1S/C43H47N7O10S2/c1-43(2,3)60-42(55)45-33(26-18-20-30(21-19-26)58-32-17-11-12-22-57-32)37(52)44-34-38(53)50-35(40(54)59-36(27-13-7-5-8-14-27)28-15-9-6-10-16-28)29(24-61-39(34)50)25-62-41-46-47-48-49(41)23-31(51)56-4/h5-10,13-16,18-21,32-34,36,39H,11-12,17,22-25H2,1-4H3,(H,44,52)(H,45,55)/t32?,33?,34-,39+/m1/s1. The van der Waals surface area contributed by atoms with Gasteiger partial charge in [-0.2, -0.15) is 0 Å². The molecule has 0 aliphatic carbocycles. The minimum atomic E-state index is -1.26. The van der Waals surface area contributed by atoms with Crippen LogP contribution in [-0.4, -0.2) is 103 Å². The van der Waals surface area contributed by atoms with Gasteiger partial charge in [0.05, 0.1) is 13.7 Å². The normalized spacial score (nSPS) is 19.1. The number of benzene rings is 3. The minimum absolute atomic E-state index is 0.0292. The second-order valence-electron chi connectivity index (χ2n) is 15.5. The van der Waals surface area contributed by atoms with E-state index >= 15 is 0 Å². The number of hydrogen-bond donors (Lipinski definition) is 2. The van der Waals surface area contributed by atoms with Crippen molar-refractivity contribution in [3.05, 3.63) is 113 Å². The van der Waals surface area contributed by atoms with Gasteiger partial charge in [0.25, 0.3) is 5.91 Å². The first kappa shape index (κ1) is 44.1. The molecule has 0 bridgehead atoms. The number of alkyl carbamates (subject to hydrolysis) is 1. The molecule has 62 heavy (non-hydrogen) atoms. The lowest BCUT2D eigenvalue weighted by atomic mass is 10.00. The van der Waals surface area contributed by atoms with Crippen LogP contribution >= 0.6 is 23.5 Å². The molecule has 4 aromatic rings. The summed E-state index contributed by atoms with van der Waals surface area (Å²) in [6.07, 6.45) is 0.690. The Balaban J connectivity index is 1.14. The van der Waals surface area contributed by atoms with Gasteiger partial charge in [-0.1, -0.05) is 84.6 Å². The maximum absolute atomic E-state index is 14.6. The minimum Gasteiger partial charge on any atom is -0.468 e. The number of β-lactam (4-membered cyclic amide) rings is 1. The molecular formula is C43H47N7O10S2. The maximum atomic E-state index is 14.6. The van der Waals surface area contributed by atoms with Crippen molar-refractivity contribution in [2.45, 2.75) is 87.2 Å². The Labute approximate surface area is 366 Å². The number of aromatic nitrogens is 4. The Bertz CT molecular complexity index is 2230. The molecule has 17 nitrogen and oxygen atoms in total. The zero-order chi connectivity index (χ0) is 43.8. The lowest BCUT2D eigenvalue weighted by molar-refractivity contribution is -0.154. The van der Waals surface area contributed by atoms with E-state index in [0.29, 0.717) is 28.6 Å². The highest BCUT2D eigenvalue weighted by Gasteiger charge is 2.55. The molecule has 4 atom stereocenters. The summed E-state index contributed by atoms with van der Waals surface area (Å²) in [5, 5.41) is 16.7. The van der Waals surface area contributed by atoms with Crippen molar-refractivity contribution < 1.29 is 47.7 Å². The largest absolute Gasteiger partial charge is 0.468 e. The van der Waals surface area contributed by atoms with E-state index in [-0.39, 0.29) is 30.0 Å². The van der Waals surface area contributed by atoms with Gasteiger partial charge in [-0.25, -0.2) is 14.3 Å². The Morgan fingerprint density at radius 1 is 0.952 bits per heavy atom. The number of methoxy groups -OCH3 is 1. The first-order valence-corrected chi connectivity index (χ1v) is 22.0. The third kappa shape index (κ3) is 10.7. The SMILES string of the molecule is COC(=O)Cn1nnnc1SCC1=C(C(=O)OC(c2ccccc2)c2ccccc2)N2C(=O)[C@@H](NC(=O)C(NC(=O)OC(C)(C)C)c3ccc(OC4CCCCO4)cc3)[C@@H]2SC1. The maximum Gasteiger partial charge on any atom is 0.408 e. The summed E-state index contributed by atoms with van der Waals surface area (Å²) in [7, 11) is 1.26. The van der Waals surface area contributed by atoms with Crippen LogP contribution in [0.15, 0.2) is 101 Å². The number of hydrogen-bond acceptors (Lipinski definition) is 15. The van der Waals surface area contributed by atoms with Crippen LogP contribution in [0.5, 0.6) is 5.75 Å². The molecule has 2 saturated heterocycles. The predicted octanol–water partition coefficient (Wildman–Crippen LogP) is 5.10. The Hall–Kier alpha value is -5.92. The van der Waals surface area contributed by atoms with Crippen LogP contribution in [0.3, 0.4) is 0 Å². The number of thioether (sulfide) groups is 2. The smallest absolute Gasteiger partial charge is 0.408 e. The van der Waals surface area contributed by atoms with Crippen LogP contribution in [0, 0.1) is 0 Å². The summed E-state index contributed by atoms with van der Waals surface area (Å²) in [5.74, 6) is -1.57. The van der Waals surface area contributed by atoms with Gasteiger partial charge in [0.15, 0.2) is 12.4 Å². The van der Waals surface area contributed by atoms with E-state index in [2.05, 4.69) is 26.2 Å². The number of tetrazole rings is 1. The van der Waals surface area contributed by atoms with E-state index in [9.17, 15) is 24.0 Å². The molecule has 0 radical (unpaired) electrons. The number of ether oxygens (including phenoxy) is 5. The molecular weight excluding hydrogens is 839 g/mol. The highest BCUT2D eigenvalue weighted by molar-refractivity contribution is 8.01. The lowest BCUT2D eigenvalue weighted by Crippen LogP contribution is -2.71. The van der Waals surface area contributed by atoms with E-state index in [1.165, 1.54) is 40.2 Å². The highest BCUT2D eigenvalue weighted by atomic mass is 32.2. The zero-order valence-electron chi connectivity index (χ0n) is 34.6. The van der Waals surface area contributed by atoms with Crippen LogP contribution in [0.4, 0.5) is 4.79 Å². The fourth-order valence-electron chi connectivity index (χ4n) is 6.92. The summed E-state index contributed by atoms with van der Waals surface area (Å²) in [5.41, 5.74) is 1.58. The van der Waals surface area contributed by atoms with Gasteiger partial charge in [-0.3, -0.25) is 19.3 Å². The fourth-order valence-corrected chi connectivity index (χ4v) is 9.29. The van der Waals surface area contributed by atoms with Crippen molar-refractivity contribution in [2.24, 2.45) is 0 Å². The summed E-state index contributed by atoms with van der Waals surface area (Å²) >= 11 is 2.52. The van der Waals surface area contributed by atoms with E-state index in [4.69, 9.17) is 23.7 Å². The molecule has 3 aromatic carbocycles. The molecule has 3 amide bonds. The molecule has 0 saturated carbocycles. The lowest BCUT2D eigenvalue weighted by Gasteiger charge is -2.50. The second-order valence-corrected chi connectivity index (χ2v) is 17.5. The van der Waals surface area contributed by atoms with Crippen molar-refractivity contribution in [1.82, 2.24) is 35.7 Å². The van der Waals surface area contributed by atoms with Gasteiger partial charge < -0.3 is 34.3 Å². The fraction of sp³-hybridized carbons (Fsp3) is 0.395. The van der Waals surface area contributed by atoms with Crippen molar-refractivity contribution in [3.8, 4) is 5.75 Å². The predicted molar refractivity (Wildman–Crippen MR) is 226 cm³/mol. The molecule has 1 aromatic heterocycles. The number of amides is 3. The molecule has 326 valence electrons.